The molecule has 2 rings (SSSR count). The molecule has 0 amide bonds. The summed E-state index contributed by atoms with van der Waals surface area (Å²) in [4.78, 5) is 0. The van der Waals surface area contributed by atoms with Crippen molar-refractivity contribution in [2.45, 2.75) is 44.4 Å². The second-order valence-electron chi connectivity index (χ2n) is 5.44. The van der Waals surface area contributed by atoms with Crippen molar-refractivity contribution < 1.29 is 18.3 Å². The lowest BCUT2D eigenvalue weighted by molar-refractivity contribution is -0.137. The Morgan fingerprint density at radius 1 is 1.28 bits per heavy atom. The van der Waals surface area contributed by atoms with Crippen LogP contribution in [0.25, 0.3) is 0 Å². The average Bonchev–Trinajstić information content (AvgIpc) is 2.58. The molecule has 100 valence electrons. The second-order valence-corrected chi connectivity index (χ2v) is 5.44. The molecule has 1 aromatic rings. The first-order chi connectivity index (χ1) is 8.28. The van der Waals surface area contributed by atoms with E-state index in [1.54, 1.807) is 0 Å². The highest BCUT2D eigenvalue weighted by atomic mass is 19.4. The summed E-state index contributed by atoms with van der Waals surface area (Å²) in [6.45, 7) is 2.09. The summed E-state index contributed by atoms with van der Waals surface area (Å²) in [5.41, 5.74) is -0.614. The van der Waals surface area contributed by atoms with Gasteiger partial charge in [0.15, 0.2) is 0 Å². The fourth-order valence-corrected chi connectivity index (χ4v) is 2.72. The number of rotatable bonds is 2. The highest BCUT2D eigenvalue weighted by molar-refractivity contribution is 5.26. The first-order valence-electron chi connectivity index (χ1n) is 6.17. The Morgan fingerprint density at radius 3 is 2.33 bits per heavy atom. The molecule has 1 aliphatic carbocycles. The third kappa shape index (κ3) is 3.05. The molecule has 1 saturated carbocycles. The lowest BCUT2D eigenvalue weighted by Crippen LogP contribution is -2.27. The van der Waals surface area contributed by atoms with E-state index >= 15 is 0 Å². The zero-order chi connectivity index (χ0) is 13.4. The molecule has 0 heterocycles. The maximum absolute atomic E-state index is 12.4. The molecule has 18 heavy (non-hydrogen) atoms. The minimum Gasteiger partial charge on any atom is -0.390 e. The van der Waals surface area contributed by atoms with Crippen LogP contribution in [0.4, 0.5) is 13.2 Å². The molecular weight excluding hydrogens is 241 g/mol. The molecule has 2 atom stereocenters. The topological polar surface area (TPSA) is 20.2 Å². The number of hydrogen-bond donors (Lipinski definition) is 1. The first-order valence-corrected chi connectivity index (χ1v) is 6.17. The number of halogens is 3. The summed E-state index contributed by atoms with van der Waals surface area (Å²) in [7, 11) is 0. The molecule has 0 radical (unpaired) electrons. The Balaban J connectivity index is 2.07. The van der Waals surface area contributed by atoms with E-state index in [-0.39, 0.29) is 0 Å². The third-order valence-electron chi connectivity index (χ3n) is 3.65. The van der Waals surface area contributed by atoms with Crippen molar-refractivity contribution in [3.8, 4) is 0 Å². The predicted octanol–water partition coefficient (Wildman–Crippen LogP) is 3.80. The van der Waals surface area contributed by atoms with Crippen molar-refractivity contribution in [2.24, 2.45) is 5.92 Å². The Hall–Kier alpha value is -1.03. The van der Waals surface area contributed by atoms with E-state index in [0.717, 1.165) is 37.0 Å². The number of hydrogen-bond acceptors (Lipinski definition) is 1. The van der Waals surface area contributed by atoms with Gasteiger partial charge in [0.25, 0.3) is 0 Å². The first kappa shape index (κ1) is 13.4. The summed E-state index contributed by atoms with van der Waals surface area (Å²) < 4.78 is 37.2. The Labute approximate surface area is 105 Å². The standard InChI is InChI=1S/C14H17F3O/c1-10-6-7-13(18,8-10)9-11-2-4-12(5-3-11)14(15,16)17/h2-5,10,18H,6-9H2,1H3. The van der Waals surface area contributed by atoms with Crippen molar-refractivity contribution in [1.29, 1.82) is 0 Å². The summed E-state index contributed by atoms with van der Waals surface area (Å²) in [5.74, 6) is 0.490. The molecule has 0 aromatic heterocycles. The zero-order valence-corrected chi connectivity index (χ0v) is 10.3. The molecule has 0 spiro atoms. The lowest BCUT2D eigenvalue weighted by Gasteiger charge is -2.22. The molecule has 1 aliphatic rings. The predicted molar refractivity (Wildman–Crippen MR) is 63.1 cm³/mol. The van der Waals surface area contributed by atoms with Gasteiger partial charge in [-0.05, 0) is 42.9 Å². The molecule has 1 fully saturated rings. The van der Waals surface area contributed by atoms with Gasteiger partial charge >= 0.3 is 6.18 Å². The van der Waals surface area contributed by atoms with Gasteiger partial charge in [0.2, 0.25) is 0 Å². The second kappa shape index (κ2) is 4.57. The van der Waals surface area contributed by atoms with Crippen LogP contribution in [0.5, 0.6) is 0 Å². The smallest absolute Gasteiger partial charge is 0.390 e. The van der Waals surface area contributed by atoms with E-state index in [4.69, 9.17) is 0 Å². The normalized spacial score (nSPS) is 28.6. The minimum atomic E-state index is -4.29. The molecule has 0 saturated heterocycles. The Morgan fingerprint density at radius 2 is 1.89 bits per heavy atom. The number of benzene rings is 1. The fraction of sp³-hybridized carbons (Fsp3) is 0.571. The van der Waals surface area contributed by atoms with Crippen LogP contribution in [-0.4, -0.2) is 10.7 Å². The monoisotopic (exact) mass is 258 g/mol. The van der Waals surface area contributed by atoms with Gasteiger partial charge in [-0.3, -0.25) is 0 Å². The van der Waals surface area contributed by atoms with Gasteiger partial charge in [-0.2, -0.15) is 13.2 Å². The van der Waals surface area contributed by atoms with E-state index in [1.165, 1.54) is 12.1 Å². The van der Waals surface area contributed by atoms with Crippen LogP contribution >= 0.6 is 0 Å². The number of alkyl halides is 3. The van der Waals surface area contributed by atoms with Gasteiger partial charge < -0.3 is 5.11 Å². The molecule has 2 unspecified atom stereocenters. The zero-order valence-electron chi connectivity index (χ0n) is 10.3. The van der Waals surface area contributed by atoms with Gasteiger partial charge in [-0.1, -0.05) is 19.1 Å². The maximum atomic E-state index is 12.4. The summed E-state index contributed by atoms with van der Waals surface area (Å²) >= 11 is 0. The van der Waals surface area contributed by atoms with Crippen LogP contribution in [0.15, 0.2) is 24.3 Å². The van der Waals surface area contributed by atoms with Crippen molar-refractivity contribution in [2.75, 3.05) is 0 Å². The summed E-state index contributed by atoms with van der Waals surface area (Å²) in [6, 6.07) is 5.09. The van der Waals surface area contributed by atoms with Crippen molar-refractivity contribution in [3.63, 3.8) is 0 Å². The highest BCUT2D eigenvalue weighted by Gasteiger charge is 2.35. The van der Waals surface area contributed by atoms with Crippen molar-refractivity contribution >= 4 is 0 Å². The van der Waals surface area contributed by atoms with Gasteiger partial charge in [-0.25, -0.2) is 0 Å². The van der Waals surface area contributed by atoms with Crippen molar-refractivity contribution in [1.82, 2.24) is 0 Å². The van der Waals surface area contributed by atoms with Crippen molar-refractivity contribution in [3.05, 3.63) is 35.4 Å². The average molecular weight is 258 g/mol. The molecule has 1 nitrogen and oxygen atoms in total. The molecule has 4 heteroatoms. The summed E-state index contributed by atoms with van der Waals surface area (Å²) in [5, 5.41) is 10.3. The van der Waals surface area contributed by atoms with Crippen LogP contribution in [0.1, 0.15) is 37.3 Å². The van der Waals surface area contributed by atoms with Gasteiger partial charge in [-0.15, -0.1) is 0 Å². The largest absolute Gasteiger partial charge is 0.416 e. The molecular formula is C14H17F3O. The summed E-state index contributed by atoms with van der Waals surface area (Å²) in [6.07, 6.45) is -1.41. The lowest BCUT2D eigenvalue weighted by atomic mass is 9.92. The van der Waals surface area contributed by atoms with E-state index in [2.05, 4.69) is 6.92 Å². The van der Waals surface area contributed by atoms with Crippen LogP contribution < -0.4 is 0 Å². The van der Waals surface area contributed by atoms with Crippen LogP contribution in [0.3, 0.4) is 0 Å². The van der Waals surface area contributed by atoms with E-state index in [1.807, 2.05) is 0 Å². The van der Waals surface area contributed by atoms with Crippen LogP contribution in [-0.2, 0) is 12.6 Å². The SMILES string of the molecule is CC1CCC(O)(Cc2ccc(C(F)(F)F)cc2)C1. The minimum absolute atomic E-state index is 0.440. The maximum Gasteiger partial charge on any atom is 0.416 e. The van der Waals surface area contributed by atoms with E-state index in [0.29, 0.717) is 12.3 Å². The van der Waals surface area contributed by atoms with E-state index in [9.17, 15) is 18.3 Å². The van der Waals surface area contributed by atoms with E-state index < -0.39 is 17.3 Å². The molecule has 0 bridgehead atoms. The van der Waals surface area contributed by atoms with Gasteiger partial charge in [0.1, 0.15) is 0 Å². The molecule has 1 aromatic carbocycles. The highest BCUT2D eigenvalue weighted by Crippen LogP contribution is 2.37. The molecule has 1 N–H and O–H groups in total. The van der Waals surface area contributed by atoms with Crippen LogP contribution in [0.2, 0.25) is 0 Å². The Kier molecular flexibility index (Phi) is 3.41. The Bertz CT molecular complexity index is 410. The quantitative estimate of drug-likeness (QED) is 0.855. The van der Waals surface area contributed by atoms with Crippen LogP contribution in [0, 0.1) is 5.92 Å². The third-order valence-corrected chi connectivity index (χ3v) is 3.65. The fourth-order valence-electron chi connectivity index (χ4n) is 2.72. The molecule has 0 aliphatic heterocycles. The van der Waals surface area contributed by atoms with Gasteiger partial charge in [0, 0.05) is 6.42 Å². The number of aliphatic hydroxyl groups is 1. The van der Waals surface area contributed by atoms with Gasteiger partial charge in [0.05, 0.1) is 11.2 Å².